The van der Waals surface area contributed by atoms with Gasteiger partial charge in [-0.3, -0.25) is 0 Å². The lowest BCUT2D eigenvalue weighted by Gasteiger charge is -2.22. The van der Waals surface area contributed by atoms with E-state index < -0.39 is 0 Å². The molecule has 0 radical (unpaired) electrons. The van der Waals surface area contributed by atoms with Crippen molar-refractivity contribution in [2.75, 3.05) is 4.90 Å². The van der Waals surface area contributed by atoms with Crippen molar-refractivity contribution in [3.05, 3.63) is 65.5 Å². The van der Waals surface area contributed by atoms with Crippen molar-refractivity contribution in [3.8, 4) is 11.5 Å². The number of fused-ring (bicyclic) bond motifs is 1. The molecule has 0 aliphatic carbocycles. The summed E-state index contributed by atoms with van der Waals surface area (Å²) in [5.41, 5.74) is 4.80. The van der Waals surface area contributed by atoms with Crippen LogP contribution in [0.3, 0.4) is 0 Å². The van der Waals surface area contributed by atoms with Gasteiger partial charge in [0.1, 0.15) is 0 Å². The monoisotopic (exact) mass is 305 g/mol. The molecule has 1 aliphatic rings. The van der Waals surface area contributed by atoms with Crippen LogP contribution in [0.1, 0.15) is 23.9 Å². The lowest BCUT2D eigenvalue weighted by atomic mass is 10.1. The van der Waals surface area contributed by atoms with Gasteiger partial charge < -0.3 is 9.32 Å². The fourth-order valence-corrected chi connectivity index (χ4v) is 3.26. The van der Waals surface area contributed by atoms with E-state index in [9.17, 15) is 0 Å². The quantitative estimate of drug-likeness (QED) is 0.733. The Hall–Kier alpha value is -2.62. The van der Waals surface area contributed by atoms with E-state index in [1.54, 1.807) is 0 Å². The number of aromatic nitrogens is 2. The van der Waals surface area contributed by atoms with Crippen LogP contribution in [0.5, 0.6) is 0 Å². The Morgan fingerprint density at radius 3 is 2.74 bits per heavy atom. The number of hydrogen-bond donors (Lipinski definition) is 0. The van der Waals surface area contributed by atoms with E-state index in [1.165, 1.54) is 11.3 Å². The Morgan fingerprint density at radius 1 is 1.09 bits per heavy atom. The minimum Gasteiger partial charge on any atom is -0.419 e. The van der Waals surface area contributed by atoms with Crippen LogP contribution >= 0.6 is 0 Å². The average molecular weight is 305 g/mol. The van der Waals surface area contributed by atoms with Crippen molar-refractivity contribution in [1.29, 1.82) is 0 Å². The van der Waals surface area contributed by atoms with Gasteiger partial charge in [0.05, 0.1) is 6.54 Å². The first-order valence-electron chi connectivity index (χ1n) is 7.95. The summed E-state index contributed by atoms with van der Waals surface area (Å²) in [5.74, 6) is 1.25. The molecule has 1 unspecified atom stereocenters. The Bertz CT molecular complexity index is 840. The molecule has 0 spiro atoms. The van der Waals surface area contributed by atoms with E-state index >= 15 is 0 Å². The predicted molar refractivity (Wildman–Crippen MR) is 90.3 cm³/mol. The first-order valence-corrected chi connectivity index (χ1v) is 7.95. The molecule has 1 aliphatic heterocycles. The summed E-state index contributed by atoms with van der Waals surface area (Å²) in [7, 11) is 0. The van der Waals surface area contributed by atoms with Crippen molar-refractivity contribution in [2.45, 2.75) is 32.9 Å². The number of anilines is 1. The molecule has 0 amide bonds. The third kappa shape index (κ3) is 2.50. The summed E-state index contributed by atoms with van der Waals surface area (Å²) in [6, 6.07) is 17.0. The molecule has 0 fully saturated rings. The van der Waals surface area contributed by atoms with E-state index in [0.29, 0.717) is 24.4 Å². The van der Waals surface area contributed by atoms with Gasteiger partial charge in [-0.15, -0.1) is 10.2 Å². The number of aryl methyl sites for hydroxylation is 1. The van der Waals surface area contributed by atoms with Crippen LogP contribution < -0.4 is 4.90 Å². The van der Waals surface area contributed by atoms with Crippen molar-refractivity contribution in [2.24, 2.45) is 0 Å². The highest BCUT2D eigenvalue weighted by atomic mass is 16.4. The molecule has 3 aromatic rings. The van der Waals surface area contributed by atoms with Gasteiger partial charge in [-0.1, -0.05) is 36.4 Å². The lowest BCUT2D eigenvalue weighted by Crippen LogP contribution is -2.28. The van der Waals surface area contributed by atoms with Crippen LogP contribution in [0.4, 0.5) is 5.69 Å². The normalized spacial score (nSPS) is 16.6. The van der Waals surface area contributed by atoms with Crippen LogP contribution in [0.15, 0.2) is 52.9 Å². The SMILES string of the molecule is Cc1ccccc1-c1nnc(CN2c3ccccc3CC2C)o1. The molecule has 0 saturated heterocycles. The zero-order valence-corrected chi connectivity index (χ0v) is 13.4. The van der Waals surface area contributed by atoms with Crippen molar-refractivity contribution in [1.82, 2.24) is 10.2 Å². The molecule has 4 heteroatoms. The van der Waals surface area contributed by atoms with Crippen molar-refractivity contribution < 1.29 is 4.42 Å². The van der Waals surface area contributed by atoms with E-state index in [1.807, 2.05) is 18.2 Å². The Balaban J connectivity index is 1.60. The van der Waals surface area contributed by atoms with E-state index in [2.05, 4.69) is 59.3 Å². The van der Waals surface area contributed by atoms with Crippen LogP contribution in [0.25, 0.3) is 11.5 Å². The number of hydrogen-bond acceptors (Lipinski definition) is 4. The van der Waals surface area contributed by atoms with E-state index in [0.717, 1.165) is 17.5 Å². The smallest absolute Gasteiger partial charge is 0.248 e. The van der Waals surface area contributed by atoms with Crippen molar-refractivity contribution >= 4 is 5.69 Å². The van der Waals surface area contributed by atoms with Gasteiger partial charge in [0.15, 0.2) is 0 Å². The zero-order chi connectivity index (χ0) is 15.8. The lowest BCUT2D eigenvalue weighted by molar-refractivity contribution is 0.488. The molecule has 2 heterocycles. The highest BCUT2D eigenvalue weighted by Crippen LogP contribution is 2.33. The molecule has 0 bridgehead atoms. The second-order valence-corrected chi connectivity index (χ2v) is 6.13. The fourth-order valence-electron chi connectivity index (χ4n) is 3.26. The first-order chi connectivity index (χ1) is 11.2. The molecule has 4 rings (SSSR count). The zero-order valence-electron chi connectivity index (χ0n) is 13.4. The molecule has 1 atom stereocenters. The third-order valence-corrected chi connectivity index (χ3v) is 4.50. The minimum atomic E-state index is 0.446. The second-order valence-electron chi connectivity index (χ2n) is 6.13. The Morgan fingerprint density at radius 2 is 1.87 bits per heavy atom. The second kappa shape index (κ2) is 5.54. The van der Waals surface area contributed by atoms with Gasteiger partial charge in [-0.2, -0.15) is 0 Å². The van der Waals surface area contributed by atoms with Crippen LogP contribution in [0, 0.1) is 6.92 Å². The molecule has 0 N–H and O–H groups in total. The Labute approximate surface area is 135 Å². The predicted octanol–water partition coefficient (Wildman–Crippen LogP) is 4.00. The van der Waals surface area contributed by atoms with Crippen LogP contribution in [-0.4, -0.2) is 16.2 Å². The molecule has 1 aromatic heterocycles. The topological polar surface area (TPSA) is 42.2 Å². The summed E-state index contributed by atoms with van der Waals surface area (Å²) < 4.78 is 5.91. The third-order valence-electron chi connectivity index (χ3n) is 4.50. The number of benzene rings is 2. The van der Waals surface area contributed by atoms with Gasteiger partial charge in [-0.25, -0.2) is 0 Å². The molecule has 116 valence electrons. The maximum atomic E-state index is 5.91. The molecule has 0 saturated carbocycles. The molecule has 4 nitrogen and oxygen atoms in total. The maximum absolute atomic E-state index is 5.91. The molecule has 2 aromatic carbocycles. The largest absolute Gasteiger partial charge is 0.419 e. The average Bonchev–Trinajstić information content (AvgIpc) is 3.14. The molecular formula is C19H19N3O. The summed E-state index contributed by atoms with van der Waals surface area (Å²) in [4.78, 5) is 2.34. The van der Waals surface area contributed by atoms with Gasteiger partial charge in [0.25, 0.3) is 0 Å². The van der Waals surface area contributed by atoms with Gasteiger partial charge in [-0.05, 0) is 43.5 Å². The van der Waals surface area contributed by atoms with Gasteiger partial charge in [0, 0.05) is 17.3 Å². The highest BCUT2D eigenvalue weighted by Gasteiger charge is 2.27. The maximum Gasteiger partial charge on any atom is 0.248 e. The Kier molecular flexibility index (Phi) is 3.37. The summed E-state index contributed by atoms with van der Waals surface area (Å²) in [6.07, 6.45) is 1.06. The van der Waals surface area contributed by atoms with Gasteiger partial charge >= 0.3 is 0 Å². The van der Waals surface area contributed by atoms with Crippen molar-refractivity contribution in [3.63, 3.8) is 0 Å². The minimum absolute atomic E-state index is 0.446. The number of nitrogens with zero attached hydrogens (tertiary/aromatic N) is 3. The number of para-hydroxylation sites is 1. The first kappa shape index (κ1) is 14.0. The fraction of sp³-hybridized carbons (Fsp3) is 0.263. The molecular weight excluding hydrogens is 286 g/mol. The summed E-state index contributed by atoms with van der Waals surface area (Å²) >= 11 is 0. The number of rotatable bonds is 3. The van der Waals surface area contributed by atoms with E-state index in [4.69, 9.17) is 4.42 Å². The molecule has 23 heavy (non-hydrogen) atoms. The highest BCUT2D eigenvalue weighted by molar-refractivity contribution is 5.59. The van der Waals surface area contributed by atoms with Crippen LogP contribution in [0.2, 0.25) is 0 Å². The summed E-state index contributed by atoms with van der Waals surface area (Å²) in [5, 5.41) is 8.47. The summed E-state index contributed by atoms with van der Waals surface area (Å²) in [6.45, 7) is 4.94. The van der Waals surface area contributed by atoms with E-state index in [-0.39, 0.29) is 0 Å². The standard InChI is InChI=1S/C19H19N3O/c1-13-7-3-5-9-16(13)19-21-20-18(23-19)12-22-14(2)11-15-8-4-6-10-17(15)22/h3-10,14H,11-12H2,1-2H3. The van der Waals surface area contributed by atoms with Crippen LogP contribution in [-0.2, 0) is 13.0 Å². The van der Waals surface area contributed by atoms with Gasteiger partial charge in [0.2, 0.25) is 11.8 Å².